The molecule has 0 spiro atoms. The van der Waals surface area contributed by atoms with Gasteiger partial charge in [0.25, 0.3) is 0 Å². The lowest BCUT2D eigenvalue weighted by Crippen LogP contribution is -2.31. The minimum Gasteiger partial charge on any atom is -0.351 e. The Morgan fingerprint density at radius 1 is 1.19 bits per heavy atom. The van der Waals surface area contributed by atoms with Gasteiger partial charge in [-0.05, 0) is 30.7 Å². The molecule has 0 radical (unpaired) electrons. The normalized spacial score (nSPS) is 11.6. The third-order valence-corrected chi connectivity index (χ3v) is 4.18. The van der Waals surface area contributed by atoms with Crippen LogP contribution >= 0.6 is 0 Å². The van der Waals surface area contributed by atoms with Crippen molar-refractivity contribution in [3.8, 4) is 0 Å². The summed E-state index contributed by atoms with van der Waals surface area (Å²) >= 11 is 0. The monoisotopic (exact) mass is 313 g/mol. The third-order valence-electron chi connectivity index (χ3n) is 2.74. The van der Waals surface area contributed by atoms with Crippen LogP contribution in [0.1, 0.15) is 19.4 Å². The molecule has 0 heterocycles. The molecule has 0 aliphatic heterocycles. The van der Waals surface area contributed by atoms with E-state index >= 15 is 0 Å². The maximum absolute atomic E-state index is 12.0. The smallest absolute Gasteiger partial charge is 0.240 e. The van der Waals surface area contributed by atoms with Gasteiger partial charge >= 0.3 is 0 Å². The Bertz CT molecular complexity index is 553. The Morgan fingerprint density at radius 2 is 1.81 bits per heavy atom. The maximum Gasteiger partial charge on any atom is 0.240 e. The summed E-state index contributed by atoms with van der Waals surface area (Å²) in [6.45, 7) is 4.93. The van der Waals surface area contributed by atoms with Crippen LogP contribution in [0.15, 0.2) is 29.2 Å². The molecule has 3 N–H and O–H groups in total. The predicted molar refractivity (Wildman–Crippen MR) is 82.2 cm³/mol. The Labute approximate surface area is 126 Å². The Balaban J connectivity index is 2.63. The molecule has 0 aliphatic rings. The van der Waals surface area contributed by atoms with E-state index in [1.54, 1.807) is 31.3 Å². The number of hydrogen-bond acceptors (Lipinski definition) is 4. The number of likely N-dealkylation sites (N-methyl/N-ethyl adjacent to an activating group) is 1. The zero-order chi connectivity index (χ0) is 15.9. The lowest BCUT2D eigenvalue weighted by Gasteiger charge is -2.10. The molecule has 7 heteroatoms. The molecule has 1 aromatic rings. The highest BCUT2D eigenvalue weighted by Gasteiger charge is 2.13. The molecular weight excluding hydrogens is 290 g/mol. The fourth-order valence-electron chi connectivity index (χ4n) is 1.57. The number of amides is 1. The fraction of sp³-hybridized carbons (Fsp3) is 0.500. The second-order valence-corrected chi connectivity index (χ2v) is 6.96. The molecule has 0 saturated carbocycles. The number of rotatable bonds is 8. The molecule has 6 nitrogen and oxygen atoms in total. The first-order valence-electron chi connectivity index (χ1n) is 6.85. The minimum absolute atomic E-state index is 0.104. The van der Waals surface area contributed by atoms with Gasteiger partial charge in [-0.25, -0.2) is 13.1 Å². The predicted octanol–water partition coefficient (Wildman–Crippen LogP) is 0.456. The number of sulfonamides is 1. The summed E-state index contributed by atoms with van der Waals surface area (Å²) in [5, 5.41) is 5.49. The van der Waals surface area contributed by atoms with E-state index < -0.39 is 10.0 Å². The lowest BCUT2D eigenvalue weighted by atomic mass is 10.2. The summed E-state index contributed by atoms with van der Waals surface area (Å²) in [4.78, 5) is 11.5. The van der Waals surface area contributed by atoms with Crippen molar-refractivity contribution in [1.82, 2.24) is 15.4 Å². The highest BCUT2D eigenvalue weighted by Crippen LogP contribution is 2.10. The van der Waals surface area contributed by atoms with Crippen LogP contribution in [0.2, 0.25) is 0 Å². The number of nitrogens with one attached hydrogen (secondary N) is 3. The van der Waals surface area contributed by atoms with E-state index in [0.717, 1.165) is 5.56 Å². The van der Waals surface area contributed by atoms with Crippen LogP contribution in [-0.4, -0.2) is 34.5 Å². The average Bonchev–Trinajstić information content (AvgIpc) is 2.44. The maximum atomic E-state index is 12.0. The van der Waals surface area contributed by atoms with E-state index in [1.807, 2.05) is 13.8 Å². The van der Waals surface area contributed by atoms with Gasteiger partial charge in [0.15, 0.2) is 0 Å². The third kappa shape index (κ3) is 6.24. The molecule has 0 saturated heterocycles. The van der Waals surface area contributed by atoms with Gasteiger partial charge in [0.05, 0.1) is 11.4 Å². The summed E-state index contributed by atoms with van der Waals surface area (Å²) in [6, 6.07) is 6.48. The second-order valence-electron chi connectivity index (χ2n) is 5.20. The van der Waals surface area contributed by atoms with E-state index in [9.17, 15) is 13.2 Å². The first kappa shape index (κ1) is 17.6. The fourth-order valence-corrected chi connectivity index (χ4v) is 2.78. The van der Waals surface area contributed by atoms with Crippen molar-refractivity contribution < 1.29 is 13.2 Å². The quantitative estimate of drug-likeness (QED) is 0.650. The Hall–Kier alpha value is -1.44. The van der Waals surface area contributed by atoms with Gasteiger partial charge in [-0.15, -0.1) is 0 Å². The van der Waals surface area contributed by atoms with Gasteiger partial charge in [0.1, 0.15) is 0 Å². The number of carbonyl (C=O) groups excluding carboxylic acids is 1. The summed E-state index contributed by atoms with van der Waals surface area (Å²) in [6.07, 6.45) is 0. The van der Waals surface area contributed by atoms with Crippen molar-refractivity contribution >= 4 is 15.9 Å². The number of benzene rings is 1. The molecule has 1 rings (SSSR count). The lowest BCUT2D eigenvalue weighted by molar-refractivity contribution is -0.120. The molecule has 0 atom stereocenters. The van der Waals surface area contributed by atoms with E-state index in [1.165, 1.54) is 0 Å². The molecule has 0 unspecified atom stereocenters. The first-order chi connectivity index (χ1) is 9.85. The van der Waals surface area contributed by atoms with Gasteiger partial charge in [0, 0.05) is 13.1 Å². The van der Waals surface area contributed by atoms with Crippen LogP contribution in [0.5, 0.6) is 0 Å². The van der Waals surface area contributed by atoms with Gasteiger partial charge in [0.2, 0.25) is 15.9 Å². The molecule has 0 bridgehead atoms. The van der Waals surface area contributed by atoms with Crippen LogP contribution in [0.4, 0.5) is 0 Å². The SMILES string of the molecule is CNCC(=O)NCc1ccc(S(=O)(=O)NCC(C)C)cc1. The zero-order valence-electron chi connectivity index (χ0n) is 12.6. The van der Waals surface area contributed by atoms with Crippen molar-refractivity contribution in [1.29, 1.82) is 0 Å². The summed E-state index contributed by atoms with van der Waals surface area (Å²) in [5.41, 5.74) is 0.849. The van der Waals surface area contributed by atoms with Crippen molar-refractivity contribution in [2.24, 2.45) is 5.92 Å². The molecule has 1 amide bonds. The standard InChI is InChI=1S/C14H23N3O3S/c1-11(2)8-17-21(19,20)13-6-4-12(5-7-13)9-16-14(18)10-15-3/h4-7,11,15,17H,8-10H2,1-3H3,(H,16,18). The van der Waals surface area contributed by atoms with Gasteiger partial charge < -0.3 is 10.6 Å². The Kier molecular flexibility index (Phi) is 6.80. The molecule has 0 fully saturated rings. The molecular formula is C14H23N3O3S. The molecule has 118 valence electrons. The van der Waals surface area contributed by atoms with Crippen LogP contribution in [0.3, 0.4) is 0 Å². The van der Waals surface area contributed by atoms with E-state index in [2.05, 4.69) is 15.4 Å². The zero-order valence-corrected chi connectivity index (χ0v) is 13.5. The van der Waals surface area contributed by atoms with Crippen LogP contribution in [-0.2, 0) is 21.4 Å². The summed E-state index contributed by atoms with van der Waals surface area (Å²) in [5.74, 6) is 0.147. The number of carbonyl (C=O) groups is 1. The Morgan fingerprint density at radius 3 is 2.33 bits per heavy atom. The number of hydrogen-bond donors (Lipinski definition) is 3. The topological polar surface area (TPSA) is 87.3 Å². The van der Waals surface area contributed by atoms with Crippen molar-refractivity contribution in [3.63, 3.8) is 0 Å². The minimum atomic E-state index is -3.46. The first-order valence-corrected chi connectivity index (χ1v) is 8.33. The molecule has 21 heavy (non-hydrogen) atoms. The summed E-state index contributed by atoms with van der Waals surface area (Å²) in [7, 11) is -1.76. The highest BCUT2D eigenvalue weighted by atomic mass is 32.2. The van der Waals surface area contributed by atoms with Crippen LogP contribution < -0.4 is 15.4 Å². The largest absolute Gasteiger partial charge is 0.351 e. The van der Waals surface area contributed by atoms with Crippen molar-refractivity contribution in [2.75, 3.05) is 20.1 Å². The summed E-state index contributed by atoms with van der Waals surface area (Å²) < 4.78 is 26.6. The van der Waals surface area contributed by atoms with E-state index in [-0.39, 0.29) is 23.3 Å². The van der Waals surface area contributed by atoms with Crippen molar-refractivity contribution in [2.45, 2.75) is 25.3 Å². The molecule has 0 aliphatic carbocycles. The second kappa shape index (κ2) is 8.11. The van der Waals surface area contributed by atoms with Crippen LogP contribution in [0.25, 0.3) is 0 Å². The average molecular weight is 313 g/mol. The van der Waals surface area contributed by atoms with E-state index in [0.29, 0.717) is 13.1 Å². The van der Waals surface area contributed by atoms with Gasteiger partial charge in [-0.1, -0.05) is 26.0 Å². The molecule has 0 aromatic heterocycles. The van der Waals surface area contributed by atoms with E-state index in [4.69, 9.17) is 0 Å². The molecule has 1 aromatic carbocycles. The highest BCUT2D eigenvalue weighted by molar-refractivity contribution is 7.89. The van der Waals surface area contributed by atoms with Crippen LogP contribution in [0, 0.1) is 5.92 Å². The van der Waals surface area contributed by atoms with Gasteiger partial charge in [-0.2, -0.15) is 0 Å². The van der Waals surface area contributed by atoms with Gasteiger partial charge in [-0.3, -0.25) is 4.79 Å². The van der Waals surface area contributed by atoms with Crippen molar-refractivity contribution in [3.05, 3.63) is 29.8 Å².